The first kappa shape index (κ1) is 13.4. The third-order valence-corrected chi connectivity index (χ3v) is 4.38. The summed E-state index contributed by atoms with van der Waals surface area (Å²) in [5.74, 6) is 0. The molecule has 0 saturated carbocycles. The Kier molecular flexibility index (Phi) is 3.92. The van der Waals surface area contributed by atoms with Crippen LogP contribution in [0.3, 0.4) is 0 Å². The molecule has 2 aromatic heterocycles. The maximum Gasteiger partial charge on any atom is 0.0945 e. The molecule has 0 fully saturated rings. The topological polar surface area (TPSA) is 48.8 Å². The van der Waals surface area contributed by atoms with Crippen molar-refractivity contribution in [2.24, 2.45) is 5.73 Å². The van der Waals surface area contributed by atoms with Crippen molar-refractivity contribution in [3.8, 4) is 0 Å². The molecule has 0 radical (unpaired) electrons. The highest BCUT2D eigenvalue weighted by molar-refractivity contribution is 5.32. The van der Waals surface area contributed by atoms with E-state index in [1.54, 1.807) is 0 Å². The average molecular weight is 272 g/mol. The van der Waals surface area contributed by atoms with E-state index in [1.165, 1.54) is 42.6 Å². The third-order valence-electron chi connectivity index (χ3n) is 4.38. The molecule has 4 heteroatoms. The Balaban J connectivity index is 1.60. The molecule has 3 rings (SSSR count). The number of aryl methyl sites for hydroxylation is 2. The summed E-state index contributed by atoms with van der Waals surface area (Å²) >= 11 is 0. The zero-order chi connectivity index (χ0) is 13.9. The van der Waals surface area contributed by atoms with E-state index < -0.39 is 0 Å². The first-order valence-electron chi connectivity index (χ1n) is 7.66. The van der Waals surface area contributed by atoms with Crippen LogP contribution in [0.2, 0.25) is 0 Å². The van der Waals surface area contributed by atoms with Crippen LogP contribution < -0.4 is 5.73 Å². The summed E-state index contributed by atoms with van der Waals surface area (Å²) in [6, 6.07) is 2.55. The molecule has 0 aliphatic heterocycles. The SMILES string of the molecule is Cc1cc2c(n1CCCCn1ccnc1)CCCC2N. The summed E-state index contributed by atoms with van der Waals surface area (Å²) in [5.41, 5.74) is 10.5. The van der Waals surface area contributed by atoms with Crippen molar-refractivity contribution >= 4 is 0 Å². The first-order valence-corrected chi connectivity index (χ1v) is 7.66. The van der Waals surface area contributed by atoms with Crippen molar-refractivity contribution in [3.05, 3.63) is 41.7 Å². The minimum atomic E-state index is 0.254. The van der Waals surface area contributed by atoms with E-state index in [9.17, 15) is 0 Å². The molecule has 0 saturated heterocycles. The molecule has 2 aromatic rings. The quantitative estimate of drug-likeness (QED) is 0.851. The van der Waals surface area contributed by atoms with Gasteiger partial charge in [-0.15, -0.1) is 0 Å². The molecule has 0 spiro atoms. The normalized spacial score (nSPS) is 18.2. The van der Waals surface area contributed by atoms with E-state index in [2.05, 4.69) is 27.1 Å². The number of imidazole rings is 1. The molecular formula is C16H24N4. The van der Waals surface area contributed by atoms with E-state index >= 15 is 0 Å². The highest BCUT2D eigenvalue weighted by Crippen LogP contribution is 2.30. The van der Waals surface area contributed by atoms with Crippen molar-refractivity contribution in [2.45, 2.75) is 58.2 Å². The van der Waals surface area contributed by atoms with Gasteiger partial charge in [-0.3, -0.25) is 0 Å². The number of hydrogen-bond acceptors (Lipinski definition) is 2. The maximum atomic E-state index is 6.22. The van der Waals surface area contributed by atoms with Crippen LogP contribution in [-0.4, -0.2) is 14.1 Å². The van der Waals surface area contributed by atoms with Gasteiger partial charge in [0.15, 0.2) is 0 Å². The summed E-state index contributed by atoms with van der Waals surface area (Å²) in [6.07, 6.45) is 11.7. The van der Waals surface area contributed by atoms with Gasteiger partial charge in [-0.2, -0.15) is 0 Å². The second-order valence-electron chi connectivity index (χ2n) is 5.85. The van der Waals surface area contributed by atoms with Crippen LogP contribution >= 0.6 is 0 Å². The Morgan fingerprint density at radius 2 is 2.20 bits per heavy atom. The molecule has 4 nitrogen and oxygen atoms in total. The van der Waals surface area contributed by atoms with Crippen LogP contribution in [0, 0.1) is 6.92 Å². The van der Waals surface area contributed by atoms with Gasteiger partial charge in [0.2, 0.25) is 0 Å². The molecule has 108 valence electrons. The lowest BCUT2D eigenvalue weighted by atomic mass is 9.93. The monoisotopic (exact) mass is 272 g/mol. The number of aromatic nitrogens is 3. The number of nitrogens with zero attached hydrogens (tertiary/aromatic N) is 3. The van der Waals surface area contributed by atoms with Crippen LogP contribution in [-0.2, 0) is 19.5 Å². The molecule has 1 atom stereocenters. The molecule has 0 aromatic carbocycles. The van der Waals surface area contributed by atoms with E-state index in [1.807, 2.05) is 18.7 Å². The molecule has 1 aliphatic rings. The van der Waals surface area contributed by atoms with Gasteiger partial charge in [0.25, 0.3) is 0 Å². The van der Waals surface area contributed by atoms with Gasteiger partial charge in [0, 0.05) is 42.9 Å². The molecule has 1 aliphatic carbocycles. The van der Waals surface area contributed by atoms with Crippen molar-refractivity contribution < 1.29 is 0 Å². The molecule has 20 heavy (non-hydrogen) atoms. The van der Waals surface area contributed by atoms with Gasteiger partial charge in [-0.25, -0.2) is 4.98 Å². The van der Waals surface area contributed by atoms with Gasteiger partial charge >= 0.3 is 0 Å². The summed E-state index contributed by atoms with van der Waals surface area (Å²) in [7, 11) is 0. The van der Waals surface area contributed by atoms with Crippen molar-refractivity contribution in [1.29, 1.82) is 0 Å². The van der Waals surface area contributed by atoms with Crippen molar-refractivity contribution in [3.63, 3.8) is 0 Å². The molecule has 0 amide bonds. The Morgan fingerprint density at radius 1 is 1.35 bits per heavy atom. The highest BCUT2D eigenvalue weighted by Gasteiger charge is 2.21. The second-order valence-corrected chi connectivity index (χ2v) is 5.85. The Labute approximate surface area is 120 Å². The summed E-state index contributed by atoms with van der Waals surface area (Å²) < 4.78 is 4.64. The average Bonchev–Trinajstić information content (AvgIpc) is 3.04. The van der Waals surface area contributed by atoms with Gasteiger partial charge in [0.1, 0.15) is 0 Å². The Bertz CT molecular complexity index is 553. The zero-order valence-corrected chi connectivity index (χ0v) is 12.3. The number of nitrogens with two attached hydrogens (primary N) is 1. The smallest absolute Gasteiger partial charge is 0.0945 e. The van der Waals surface area contributed by atoms with E-state index in [0.717, 1.165) is 19.5 Å². The van der Waals surface area contributed by atoms with Gasteiger partial charge in [-0.05, 0) is 50.7 Å². The number of hydrogen-bond donors (Lipinski definition) is 1. The minimum absolute atomic E-state index is 0.254. The largest absolute Gasteiger partial charge is 0.349 e. The molecule has 2 heterocycles. The van der Waals surface area contributed by atoms with Crippen molar-refractivity contribution in [2.75, 3.05) is 0 Å². The van der Waals surface area contributed by atoms with Gasteiger partial charge < -0.3 is 14.9 Å². The lowest BCUT2D eigenvalue weighted by Gasteiger charge is -2.21. The third kappa shape index (κ3) is 2.66. The predicted octanol–water partition coefficient (Wildman–Crippen LogP) is 2.81. The lowest BCUT2D eigenvalue weighted by molar-refractivity contribution is 0.508. The van der Waals surface area contributed by atoms with E-state index in [4.69, 9.17) is 5.73 Å². The summed E-state index contributed by atoms with van der Waals surface area (Å²) in [6.45, 7) is 4.38. The highest BCUT2D eigenvalue weighted by atomic mass is 15.0. The maximum absolute atomic E-state index is 6.22. The number of rotatable bonds is 5. The van der Waals surface area contributed by atoms with Crippen LogP contribution in [0.5, 0.6) is 0 Å². The van der Waals surface area contributed by atoms with E-state index in [-0.39, 0.29) is 6.04 Å². The number of unbranched alkanes of at least 4 members (excludes halogenated alkanes) is 1. The van der Waals surface area contributed by atoms with Crippen LogP contribution in [0.25, 0.3) is 0 Å². The van der Waals surface area contributed by atoms with Crippen molar-refractivity contribution in [1.82, 2.24) is 14.1 Å². The fourth-order valence-corrected chi connectivity index (χ4v) is 3.29. The van der Waals surface area contributed by atoms with Crippen LogP contribution in [0.4, 0.5) is 0 Å². The summed E-state index contributed by atoms with van der Waals surface area (Å²) in [4.78, 5) is 4.07. The lowest BCUT2D eigenvalue weighted by Crippen LogP contribution is -2.18. The Hall–Kier alpha value is -1.55. The zero-order valence-electron chi connectivity index (χ0n) is 12.3. The predicted molar refractivity (Wildman–Crippen MR) is 80.5 cm³/mol. The first-order chi connectivity index (χ1) is 9.75. The standard InChI is InChI=1S/C16H24N4/c1-13-11-14-15(17)5-4-6-16(14)20(13)9-3-2-8-19-10-7-18-12-19/h7,10-12,15H,2-6,8-9,17H2,1H3. The molecule has 2 N–H and O–H groups in total. The molecular weight excluding hydrogens is 248 g/mol. The van der Waals surface area contributed by atoms with Crippen LogP contribution in [0.1, 0.15) is 48.7 Å². The fraction of sp³-hybridized carbons (Fsp3) is 0.562. The number of fused-ring (bicyclic) bond motifs is 1. The minimum Gasteiger partial charge on any atom is -0.349 e. The van der Waals surface area contributed by atoms with Crippen LogP contribution in [0.15, 0.2) is 24.8 Å². The molecule has 1 unspecified atom stereocenters. The summed E-state index contributed by atoms with van der Waals surface area (Å²) in [5, 5.41) is 0. The Morgan fingerprint density at radius 3 is 3.00 bits per heavy atom. The van der Waals surface area contributed by atoms with E-state index in [0.29, 0.717) is 0 Å². The van der Waals surface area contributed by atoms with Gasteiger partial charge in [0.05, 0.1) is 6.33 Å². The fourth-order valence-electron chi connectivity index (χ4n) is 3.29. The van der Waals surface area contributed by atoms with Gasteiger partial charge in [-0.1, -0.05) is 0 Å². The second kappa shape index (κ2) is 5.83. The molecule has 0 bridgehead atoms.